The van der Waals surface area contributed by atoms with Gasteiger partial charge < -0.3 is 5.32 Å². The van der Waals surface area contributed by atoms with Gasteiger partial charge in [0.1, 0.15) is 12.4 Å². The number of aryl methyl sites for hydroxylation is 1. The molecule has 0 fully saturated rings. The van der Waals surface area contributed by atoms with Crippen LogP contribution in [-0.2, 0) is 21.2 Å². The van der Waals surface area contributed by atoms with Crippen LogP contribution in [0.3, 0.4) is 0 Å². The van der Waals surface area contributed by atoms with E-state index >= 15 is 0 Å². The first-order chi connectivity index (χ1) is 15.0. The van der Waals surface area contributed by atoms with Crippen molar-refractivity contribution in [2.45, 2.75) is 30.2 Å². The molecular weight excluding hydrogens is 415 g/mol. The maximum Gasteiger partial charge on any atom is 0.264 e. The van der Waals surface area contributed by atoms with Crippen LogP contribution in [0.25, 0.3) is 0 Å². The molecule has 1 atom stereocenters. The van der Waals surface area contributed by atoms with Crippen molar-refractivity contribution in [2.75, 3.05) is 10.8 Å². The van der Waals surface area contributed by atoms with Gasteiger partial charge in [-0.15, -0.1) is 0 Å². The number of hydrogen-bond donors (Lipinski definition) is 1. The van der Waals surface area contributed by atoms with E-state index < -0.39 is 28.3 Å². The van der Waals surface area contributed by atoms with Gasteiger partial charge in [-0.3, -0.25) is 9.10 Å². The minimum absolute atomic E-state index is 0.00550. The standard InChI is InChI=1S/C24H23FN2O3S/c25-21-14-6-7-16-23(21)27(31(29,30)19-11-2-1-3-12-19)17-24(28)26-22-15-8-10-18-9-4-5-13-20(18)22/h1-7,9,11-14,16,22H,8,10,15,17H2,(H,26,28)/t22-/m1/s1. The molecule has 1 aliphatic rings. The number of benzene rings is 3. The van der Waals surface area contributed by atoms with Crippen LogP contribution in [0.4, 0.5) is 10.1 Å². The van der Waals surface area contributed by atoms with Crippen LogP contribution in [0, 0.1) is 5.82 Å². The average Bonchev–Trinajstić information content (AvgIpc) is 2.79. The van der Waals surface area contributed by atoms with E-state index in [-0.39, 0.29) is 16.6 Å². The lowest BCUT2D eigenvalue weighted by atomic mass is 9.88. The van der Waals surface area contributed by atoms with Gasteiger partial charge in [-0.25, -0.2) is 12.8 Å². The summed E-state index contributed by atoms with van der Waals surface area (Å²) in [5.74, 6) is -1.19. The minimum Gasteiger partial charge on any atom is -0.348 e. The summed E-state index contributed by atoms with van der Waals surface area (Å²) < 4.78 is 42.0. The van der Waals surface area contributed by atoms with Crippen molar-refractivity contribution in [3.8, 4) is 0 Å². The van der Waals surface area contributed by atoms with E-state index in [9.17, 15) is 17.6 Å². The van der Waals surface area contributed by atoms with Crippen molar-refractivity contribution in [3.05, 3.63) is 95.8 Å². The van der Waals surface area contributed by atoms with Crippen molar-refractivity contribution in [1.82, 2.24) is 5.32 Å². The molecule has 0 aliphatic heterocycles. The number of amides is 1. The number of carbonyl (C=O) groups excluding carboxylic acids is 1. The molecule has 0 heterocycles. The summed E-state index contributed by atoms with van der Waals surface area (Å²) >= 11 is 0. The molecule has 0 unspecified atom stereocenters. The number of fused-ring (bicyclic) bond motifs is 1. The van der Waals surface area contributed by atoms with Crippen LogP contribution in [-0.4, -0.2) is 20.9 Å². The molecule has 5 nitrogen and oxygen atoms in total. The lowest BCUT2D eigenvalue weighted by Gasteiger charge is -2.29. The summed E-state index contributed by atoms with van der Waals surface area (Å²) in [5, 5.41) is 2.95. The topological polar surface area (TPSA) is 66.5 Å². The molecule has 0 radical (unpaired) electrons. The first-order valence-corrected chi connectivity index (χ1v) is 11.6. The summed E-state index contributed by atoms with van der Waals surface area (Å²) in [6.07, 6.45) is 2.65. The minimum atomic E-state index is -4.14. The van der Waals surface area contributed by atoms with Crippen LogP contribution >= 0.6 is 0 Å². The molecule has 7 heteroatoms. The molecule has 31 heavy (non-hydrogen) atoms. The zero-order valence-corrected chi connectivity index (χ0v) is 17.7. The largest absolute Gasteiger partial charge is 0.348 e. The smallest absolute Gasteiger partial charge is 0.264 e. The van der Waals surface area contributed by atoms with Gasteiger partial charge in [-0.2, -0.15) is 0 Å². The van der Waals surface area contributed by atoms with Gasteiger partial charge >= 0.3 is 0 Å². The molecule has 160 valence electrons. The van der Waals surface area contributed by atoms with Crippen molar-refractivity contribution in [3.63, 3.8) is 0 Å². The van der Waals surface area contributed by atoms with Gasteiger partial charge in [0.25, 0.3) is 10.0 Å². The van der Waals surface area contributed by atoms with E-state index in [1.807, 2.05) is 24.3 Å². The number of rotatable bonds is 6. The highest BCUT2D eigenvalue weighted by Gasteiger charge is 2.30. The zero-order chi connectivity index (χ0) is 21.8. The molecule has 1 aliphatic carbocycles. The Morgan fingerprint density at radius 1 is 0.968 bits per heavy atom. The summed E-state index contributed by atoms with van der Waals surface area (Å²) in [6, 6.07) is 21.0. The molecular formula is C24H23FN2O3S. The van der Waals surface area contributed by atoms with E-state index in [1.54, 1.807) is 24.3 Å². The second kappa shape index (κ2) is 8.89. The number of halogens is 1. The van der Waals surface area contributed by atoms with Crippen molar-refractivity contribution in [1.29, 1.82) is 0 Å². The Morgan fingerprint density at radius 2 is 1.65 bits per heavy atom. The maximum atomic E-state index is 14.6. The highest BCUT2D eigenvalue weighted by molar-refractivity contribution is 7.92. The molecule has 4 rings (SSSR count). The lowest BCUT2D eigenvalue weighted by Crippen LogP contribution is -2.42. The molecule has 3 aromatic carbocycles. The van der Waals surface area contributed by atoms with Gasteiger partial charge in [0.05, 0.1) is 16.6 Å². The molecule has 0 spiro atoms. The number of nitrogens with zero attached hydrogens (tertiary/aromatic N) is 1. The SMILES string of the molecule is O=C(CN(c1ccccc1F)S(=O)(=O)c1ccccc1)N[C@@H]1CCCc2ccccc21. The van der Waals surface area contributed by atoms with Gasteiger partial charge in [0.2, 0.25) is 5.91 Å². The number of anilines is 1. The average molecular weight is 439 g/mol. The normalized spacial score (nSPS) is 15.7. The summed E-state index contributed by atoms with van der Waals surface area (Å²) in [4.78, 5) is 12.9. The fraction of sp³-hybridized carbons (Fsp3) is 0.208. The Morgan fingerprint density at radius 3 is 2.42 bits per heavy atom. The number of sulfonamides is 1. The Kier molecular flexibility index (Phi) is 6.04. The zero-order valence-electron chi connectivity index (χ0n) is 16.9. The second-order valence-electron chi connectivity index (χ2n) is 7.49. The van der Waals surface area contributed by atoms with Crippen LogP contribution in [0.15, 0.2) is 83.8 Å². The fourth-order valence-corrected chi connectivity index (χ4v) is 5.40. The Balaban J connectivity index is 1.63. The fourth-order valence-electron chi connectivity index (χ4n) is 3.95. The second-order valence-corrected chi connectivity index (χ2v) is 9.35. The first-order valence-electron chi connectivity index (χ1n) is 10.2. The lowest BCUT2D eigenvalue weighted by molar-refractivity contribution is -0.120. The Labute approximate surface area is 181 Å². The van der Waals surface area contributed by atoms with E-state index in [0.717, 1.165) is 29.1 Å². The van der Waals surface area contributed by atoms with Crippen molar-refractivity contribution < 1.29 is 17.6 Å². The van der Waals surface area contributed by atoms with E-state index in [4.69, 9.17) is 0 Å². The third-order valence-corrected chi connectivity index (χ3v) is 7.22. The summed E-state index contributed by atoms with van der Waals surface area (Å²) in [6.45, 7) is -0.517. The number of para-hydroxylation sites is 1. The van der Waals surface area contributed by atoms with Gasteiger partial charge in [-0.05, 0) is 54.7 Å². The van der Waals surface area contributed by atoms with E-state index in [1.165, 1.54) is 35.9 Å². The quantitative estimate of drug-likeness (QED) is 0.627. The van der Waals surface area contributed by atoms with Gasteiger partial charge in [-0.1, -0.05) is 54.6 Å². The monoisotopic (exact) mass is 438 g/mol. The molecule has 1 amide bonds. The van der Waals surface area contributed by atoms with Crippen LogP contribution in [0.1, 0.15) is 30.0 Å². The van der Waals surface area contributed by atoms with Crippen molar-refractivity contribution >= 4 is 21.6 Å². The van der Waals surface area contributed by atoms with Crippen LogP contribution in [0.5, 0.6) is 0 Å². The molecule has 3 aromatic rings. The predicted octanol–water partition coefficient (Wildman–Crippen LogP) is 4.21. The number of nitrogens with one attached hydrogen (secondary N) is 1. The Bertz CT molecular complexity index is 1180. The number of carbonyl (C=O) groups is 1. The van der Waals surface area contributed by atoms with Gasteiger partial charge in [0, 0.05) is 0 Å². The molecule has 0 aromatic heterocycles. The third-order valence-electron chi connectivity index (χ3n) is 5.44. The summed E-state index contributed by atoms with van der Waals surface area (Å²) in [7, 11) is -4.14. The number of hydrogen-bond acceptors (Lipinski definition) is 3. The Hall–Kier alpha value is -3.19. The highest BCUT2D eigenvalue weighted by atomic mass is 32.2. The van der Waals surface area contributed by atoms with E-state index in [0.29, 0.717) is 0 Å². The van der Waals surface area contributed by atoms with Crippen LogP contribution in [0.2, 0.25) is 0 Å². The van der Waals surface area contributed by atoms with Crippen LogP contribution < -0.4 is 9.62 Å². The van der Waals surface area contributed by atoms with Gasteiger partial charge in [0.15, 0.2) is 0 Å². The predicted molar refractivity (Wildman–Crippen MR) is 118 cm³/mol. The third kappa shape index (κ3) is 4.46. The maximum absolute atomic E-state index is 14.6. The molecule has 0 saturated carbocycles. The van der Waals surface area contributed by atoms with E-state index in [2.05, 4.69) is 5.32 Å². The molecule has 0 saturated heterocycles. The highest BCUT2D eigenvalue weighted by Crippen LogP contribution is 2.30. The van der Waals surface area contributed by atoms with Crippen molar-refractivity contribution in [2.24, 2.45) is 0 Å². The molecule has 0 bridgehead atoms. The first kappa shape index (κ1) is 21.1. The molecule has 1 N–H and O–H groups in total. The summed E-state index contributed by atoms with van der Waals surface area (Å²) in [5.41, 5.74) is 2.07.